The summed E-state index contributed by atoms with van der Waals surface area (Å²) < 4.78 is 6.42. The highest BCUT2D eigenvalue weighted by Crippen LogP contribution is 2.44. The lowest BCUT2D eigenvalue weighted by Gasteiger charge is -2.48. The lowest BCUT2D eigenvalue weighted by atomic mass is 9.66. The van der Waals surface area contributed by atoms with Crippen LogP contribution in [0.25, 0.3) is 0 Å². The van der Waals surface area contributed by atoms with Crippen molar-refractivity contribution in [1.29, 1.82) is 0 Å². The number of rotatable bonds is 3. The Morgan fingerprint density at radius 3 is 2.72 bits per heavy atom. The molecule has 1 aromatic carbocycles. The van der Waals surface area contributed by atoms with Crippen molar-refractivity contribution in [2.45, 2.75) is 32.5 Å². The molecule has 1 saturated carbocycles. The number of benzene rings is 1. The first-order valence-electron chi connectivity index (χ1n) is 5.61. The first-order chi connectivity index (χ1) is 8.32. The highest BCUT2D eigenvalue weighted by molar-refractivity contribution is 9.10. The molecule has 0 amide bonds. The van der Waals surface area contributed by atoms with E-state index in [-0.39, 0.29) is 23.3 Å². The molecule has 0 heterocycles. The molecule has 18 heavy (non-hydrogen) atoms. The van der Waals surface area contributed by atoms with Gasteiger partial charge in [0.1, 0.15) is 11.9 Å². The zero-order valence-electron chi connectivity index (χ0n) is 10.1. The van der Waals surface area contributed by atoms with Crippen molar-refractivity contribution in [1.82, 2.24) is 0 Å². The predicted octanol–water partition coefficient (Wildman–Crippen LogP) is 2.90. The molecule has 1 aliphatic rings. The lowest BCUT2D eigenvalue weighted by Crippen LogP contribution is -2.56. The maximum absolute atomic E-state index is 10.7. The number of halogens is 1. The van der Waals surface area contributed by atoms with Crippen molar-refractivity contribution in [3.8, 4) is 5.75 Å². The Kier molecular flexibility index (Phi) is 3.33. The van der Waals surface area contributed by atoms with Crippen molar-refractivity contribution < 1.29 is 14.8 Å². The minimum atomic E-state index is -0.458. The molecule has 0 aliphatic heterocycles. The number of hydrogen-bond donors (Lipinski definition) is 1. The van der Waals surface area contributed by atoms with Crippen LogP contribution in [0.5, 0.6) is 5.75 Å². The smallest absolute Gasteiger partial charge is 0.273 e. The Morgan fingerprint density at radius 1 is 1.56 bits per heavy atom. The van der Waals surface area contributed by atoms with Crippen LogP contribution in [0.2, 0.25) is 0 Å². The Labute approximate surface area is 113 Å². The van der Waals surface area contributed by atoms with E-state index in [2.05, 4.69) is 15.9 Å². The molecule has 0 radical (unpaired) electrons. The van der Waals surface area contributed by atoms with Gasteiger partial charge in [0.15, 0.2) is 0 Å². The van der Waals surface area contributed by atoms with Crippen LogP contribution in [0, 0.1) is 15.5 Å². The Balaban J connectivity index is 2.19. The van der Waals surface area contributed by atoms with Gasteiger partial charge in [-0.1, -0.05) is 13.8 Å². The normalized spacial score (nSPS) is 25.3. The van der Waals surface area contributed by atoms with E-state index in [0.717, 1.165) is 0 Å². The summed E-state index contributed by atoms with van der Waals surface area (Å²) in [5.74, 6) is 0.439. The minimum Gasteiger partial charge on any atom is -0.488 e. The second-order valence-electron chi connectivity index (χ2n) is 5.05. The number of aliphatic hydroxyl groups excluding tert-OH is 1. The SMILES string of the molecule is CC1(C)C(O)CC1Oc1cc([N+](=O)[O-])ccc1Br. The molecule has 98 valence electrons. The van der Waals surface area contributed by atoms with Crippen molar-refractivity contribution in [2.24, 2.45) is 5.41 Å². The predicted molar refractivity (Wildman–Crippen MR) is 69.6 cm³/mol. The summed E-state index contributed by atoms with van der Waals surface area (Å²) in [7, 11) is 0. The fourth-order valence-corrected chi connectivity index (χ4v) is 2.25. The van der Waals surface area contributed by atoms with Gasteiger partial charge < -0.3 is 9.84 Å². The molecule has 2 unspecified atom stereocenters. The van der Waals surface area contributed by atoms with Gasteiger partial charge in [0.05, 0.1) is 21.6 Å². The van der Waals surface area contributed by atoms with E-state index in [1.54, 1.807) is 6.07 Å². The minimum absolute atomic E-state index is 0.00845. The fraction of sp³-hybridized carbons (Fsp3) is 0.500. The van der Waals surface area contributed by atoms with Crippen LogP contribution >= 0.6 is 15.9 Å². The molecule has 1 fully saturated rings. The van der Waals surface area contributed by atoms with Crippen molar-refractivity contribution in [2.75, 3.05) is 0 Å². The van der Waals surface area contributed by atoms with Crippen molar-refractivity contribution in [3.05, 3.63) is 32.8 Å². The van der Waals surface area contributed by atoms with Gasteiger partial charge in [-0.2, -0.15) is 0 Å². The third-order valence-electron chi connectivity index (χ3n) is 3.52. The highest BCUT2D eigenvalue weighted by Gasteiger charge is 2.49. The van der Waals surface area contributed by atoms with Crippen LogP contribution in [0.4, 0.5) is 5.69 Å². The monoisotopic (exact) mass is 315 g/mol. The molecule has 2 atom stereocenters. The molecule has 0 spiro atoms. The summed E-state index contributed by atoms with van der Waals surface area (Å²) in [6.45, 7) is 3.83. The van der Waals surface area contributed by atoms with Gasteiger partial charge >= 0.3 is 0 Å². The molecule has 6 heteroatoms. The van der Waals surface area contributed by atoms with E-state index in [4.69, 9.17) is 4.74 Å². The van der Waals surface area contributed by atoms with Crippen molar-refractivity contribution >= 4 is 21.6 Å². The number of nitro groups is 1. The average Bonchev–Trinajstić information content (AvgIpc) is 2.30. The van der Waals surface area contributed by atoms with Crippen LogP contribution in [0.3, 0.4) is 0 Å². The first-order valence-corrected chi connectivity index (χ1v) is 6.40. The van der Waals surface area contributed by atoms with Gasteiger partial charge in [-0.3, -0.25) is 10.1 Å². The van der Waals surface area contributed by atoms with Crippen LogP contribution < -0.4 is 4.74 Å². The molecule has 1 aromatic rings. The van der Waals surface area contributed by atoms with E-state index in [1.807, 2.05) is 13.8 Å². The molecule has 0 aromatic heterocycles. The van der Waals surface area contributed by atoms with Crippen LogP contribution in [0.1, 0.15) is 20.3 Å². The lowest BCUT2D eigenvalue weighted by molar-refractivity contribution is -0.385. The largest absolute Gasteiger partial charge is 0.488 e. The summed E-state index contributed by atoms with van der Waals surface area (Å²) in [6, 6.07) is 4.40. The standard InChI is InChI=1S/C12H14BrNO4/c1-12(2)10(15)6-11(12)18-9-5-7(14(16)17)3-4-8(9)13/h3-5,10-11,15H,6H2,1-2H3. The van der Waals surface area contributed by atoms with E-state index in [1.165, 1.54) is 12.1 Å². The number of hydrogen-bond acceptors (Lipinski definition) is 4. The van der Waals surface area contributed by atoms with Gasteiger partial charge in [0, 0.05) is 17.9 Å². The molecular weight excluding hydrogens is 302 g/mol. The summed E-state index contributed by atoms with van der Waals surface area (Å²) in [5.41, 5.74) is -0.338. The highest BCUT2D eigenvalue weighted by atomic mass is 79.9. The van der Waals surface area contributed by atoms with Crippen LogP contribution in [0.15, 0.2) is 22.7 Å². The number of nitrogens with zero attached hydrogens (tertiary/aromatic N) is 1. The maximum Gasteiger partial charge on any atom is 0.273 e. The molecular formula is C12H14BrNO4. The number of nitro benzene ring substituents is 1. The Morgan fingerprint density at radius 2 is 2.22 bits per heavy atom. The quantitative estimate of drug-likeness (QED) is 0.687. The second-order valence-corrected chi connectivity index (χ2v) is 5.91. The van der Waals surface area contributed by atoms with E-state index < -0.39 is 4.92 Å². The van der Waals surface area contributed by atoms with E-state index in [0.29, 0.717) is 16.6 Å². The number of ether oxygens (including phenoxy) is 1. The van der Waals surface area contributed by atoms with Gasteiger partial charge in [0.25, 0.3) is 5.69 Å². The fourth-order valence-electron chi connectivity index (χ4n) is 1.91. The third-order valence-corrected chi connectivity index (χ3v) is 4.18. The Hall–Kier alpha value is -1.14. The van der Waals surface area contributed by atoms with Gasteiger partial charge in [-0.05, 0) is 22.0 Å². The van der Waals surface area contributed by atoms with Gasteiger partial charge in [-0.25, -0.2) is 0 Å². The molecule has 1 aliphatic carbocycles. The molecule has 5 nitrogen and oxygen atoms in total. The second kappa shape index (κ2) is 4.51. The topological polar surface area (TPSA) is 72.6 Å². The van der Waals surface area contributed by atoms with Crippen LogP contribution in [-0.2, 0) is 0 Å². The molecule has 1 N–H and O–H groups in total. The number of non-ortho nitro benzene ring substituents is 1. The van der Waals surface area contributed by atoms with Gasteiger partial charge in [0.2, 0.25) is 0 Å². The maximum atomic E-state index is 10.7. The summed E-state index contributed by atoms with van der Waals surface area (Å²) in [6.07, 6.45) is 0.0214. The van der Waals surface area contributed by atoms with Crippen LogP contribution in [-0.4, -0.2) is 22.2 Å². The summed E-state index contributed by atoms with van der Waals surface area (Å²) >= 11 is 3.30. The zero-order chi connectivity index (χ0) is 13.5. The third kappa shape index (κ3) is 2.22. The first kappa shape index (κ1) is 13.3. The van der Waals surface area contributed by atoms with Crippen molar-refractivity contribution in [3.63, 3.8) is 0 Å². The average molecular weight is 316 g/mol. The summed E-state index contributed by atoms with van der Waals surface area (Å²) in [4.78, 5) is 10.2. The molecule has 0 saturated heterocycles. The van der Waals surface area contributed by atoms with Gasteiger partial charge in [-0.15, -0.1) is 0 Å². The zero-order valence-corrected chi connectivity index (χ0v) is 11.7. The summed E-state index contributed by atoms with van der Waals surface area (Å²) in [5, 5.41) is 20.3. The Bertz CT molecular complexity index is 489. The van der Waals surface area contributed by atoms with E-state index >= 15 is 0 Å². The number of aliphatic hydroxyl groups is 1. The molecule has 2 rings (SSSR count). The molecule has 0 bridgehead atoms. The van der Waals surface area contributed by atoms with E-state index in [9.17, 15) is 15.2 Å².